The molecular formula is C14H15N3. The van der Waals surface area contributed by atoms with E-state index in [1.54, 1.807) is 12.1 Å². The maximum Gasteiger partial charge on any atom is 0.101 e. The normalized spacial score (nSPS) is 15.7. The van der Waals surface area contributed by atoms with Gasteiger partial charge in [-0.15, -0.1) is 0 Å². The summed E-state index contributed by atoms with van der Waals surface area (Å²) < 4.78 is 0. The molecule has 0 aromatic heterocycles. The SMILES string of the molecule is CCC(Nc1ccc(C#N)c(C#N)c1)C1CC1. The molecule has 0 bridgehead atoms. The number of rotatable bonds is 4. The second-order valence-electron chi connectivity index (χ2n) is 4.48. The van der Waals surface area contributed by atoms with Gasteiger partial charge in [0.05, 0.1) is 11.1 Å². The lowest BCUT2D eigenvalue weighted by atomic mass is 10.1. The zero-order valence-corrected chi connectivity index (χ0v) is 9.90. The molecule has 1 fully saturated rings. The molecule has 3 nitrogen and oxygen atoms in total. The summed E-state index contributed by atoms with van der Waals surface area (Å²) in [6.45, 7) is 2.17. The van der Waals surface area contributed by atoms with Crippen molar-refractivity contribution < 1.29 is 0 Å². The van der Waals surface area contributed by atoms with Gasteiger partial charge in [0.1, 0.15) is 12.1 Å². The summed E-state index contributed by atoms with van der Waals surface area (Å²) in [5.41, 5.74) is 1.83. The van der Waals surface area contributed by atoms with Gasteiger partial charge in [-0.1, -0.05) is 6.92 Å². The summed E-state index contributed by atoms with van der Waals surface area (Å²) in [6.07, 6.45) is 3.69. The Morgan fingerprint density at radius 3 is 2.53 bits per heavy atom. The Kier molecular flexibility index (Phi) is 3.30. The second kappa shape index (κ2) is 4.89. The Hall–Kier alpha value is -2.00. The van der Waals surface area contributed by atoms with E-state index >= 15 is 0 Å². The number of anilines is 1. The number of benzene rings is 1. The number of nitriles is 2. The molecule has 1 atom stereocenters. The first-order valence-electron chi connectivity index (χ1n) is 5.99. The average molecular weight is 225 g/mol. The van der Waals surface area contributed by atoms with Crippen molar-refractivity contribution in [3.8, 4) is 12.1 Å². The first-order valence-corrected chi connectivity index (χ1v) is 5.99. The first kappa shape index (κ1) is 11.5. The highest BCUT2D eigenvalue weighted by molar-refractivity contribution is 5.56. The molecule has 1 aliphatic carbocycles. The Morgan fingerprint density at radius 2 is 2.00 bits per heavy atom. The molecule has 2 rings (SSSR count). The van der Waals surface area contributed by atoms with Crippen LogP contribution in [0.4, 0.5) is 5.69 Å². The van der Waals surface area contributed by atoms with Gasteiger partial charge in [-0.2, -0.15) is 10.5 Å². The van der Waals surface area contributed by atoms with Gasteiger partial charge in [-0.05, 0) is 43.4 Å². The minimum absolute atomic E-state index is 0.442. The molecule has 0 radical (unpaired) electrons. The lowest BCUT2D eigenvalue weighted by Crippen LogP contribution is -2.20. The van der Waals surface area contributed by atoms with Gasteiger partial charge in [0.25, 0.3) is 0 Å². The van der Waals surface area contributed by atoms with Gasteiger partial charge in [0.2, 0.25) is 0 Å². The molecule has 0 heterocycles. The third kappa shape index (κ3) is 2.57. The van der Waals surface area contributed by atoms with E-state index in [1.807, 2.05) is 12.1 Å². The molecule has 0 saturated heterocycles. The third-order valence-corrected chi connectivity index (χ3v) is 3.24. The molecule has 1 aromatic carbocycles. The van der Waals surface area contributed by atoms with Gasteiger partial charge in [-0.25, -0.2) is 0 Å². The van der Waals surface area contributed by atoms with Gasteiger partial charge >= 0.3 is 0 Å². The van der Waals surface area contributed by atoms with E-state index in [4.69, 9.17) is 10.5 Å². The van der Waals surface area contributed by atoms with Gasteiger partial charge < -0.3 is 5.32 Å². The molecular weight excluding hydrogens is 210 g/mol. The first-order chi connectivity index (χ1) is 8.28. The summed E-state index contributed by atoms with van der Waals surface area (Å²) in [5, 5.41) is 21.3. The highest BCUT2D eigenvalue weighted by Crippen LogP contribution is 2.35. The zero-order valence-electron chi connectivity index (χ0n) is 9.90. The maximum atomic E-state index is 8.96. The van der Waals surface area contributed by atoms with Crippen LogP contribution < -0.4 is 5.32 Å². The predicted molar refractivity (Wildman–Crippen MR) is 66.3 cm³/mol. The quantitative estimate of drug-likeness (QED) is 0.856. The molecule has 0 amide bonds. The van der Waals surface area contributed by atoms with E-state index in [0.29, 0.717) is 17.2 Å². The minimum atomic E-state index is 0.442. The standard InChI is InChI=1S/C14H15N3/c1-2-14(10-3-4-10)17-13-6-5-11(8-15)12(7-13)9-16/h5-7,10,14,17H,2-4H2,1H3. The van der Waals surface area contributed by atoms with Crippen molar-refractivity contribution in [2.75, 3.05) is 5.32 Å². The highest BCUT2D eigenvalue weighted by Gasteiger charge is 2.29. The van der Waals surface area contributed by atoms with Crippen molar-refractivity contribution in [1.29, 1.82) is 10.5 Å². The average Bonchev–Trinajstić information content (AvgIpc) is 3.19. The predicted octanol–water partition coefficient (Wildman–Crippen LogP) is 3.03. The van der Waals surface area contributed by atoms with Crippen molar-refractivity contribution in [1.82, 2.24) is 0 Å². The van der Waals surface area contributed by atoms with Crippen LogP contribution >= 0.6 is 0 Å². The van der Waals surface area contributed by atoms with Crippen LogP contribution in [-0.4, -0.2) is 6.04 Å². The van der Waals surface area contributed by atoms with Crippen LogP contribution in [0.2, 0.25) is 0 Å². The molecule has 0 aliphatic heterocycles. The molecule has 1 unspecified atom stereocenters. The number of nitrogens with zero attached hydrogens (tertiary/aromatic N) is 2. The van der Waals surface area contributed by atoms with Gasteiger partial charge in [0, 0.05) is 11.7 Å². The largest absolute Gasteiger partial charge is 0.382 e. The minimum Gasteiger partial charge on any atom is -0.382 e. The number of nitrogens with one attached hydrogen (secondary N) is 1. The fourth-order valence-electron chi connectivity index (χ4n) is 2.09. The summed E-state index contributed by atoms with van der Waals surface area (Å²) in [4.78, 5) is 0. The summed E-state index contributed by atoms with van der Waals surface area (Å²) in [6, 6.07) is 9.94. The molecule has 1 N–H and O–H groups in total. The molecule has 1 saturated carbocycles. The van der Waals surface area contributed by atoms with E-state index in [1.165, 1.54) is 12.8 Å². The van der Waals surface area contributed by atoms with Crippen LogP contribution in [0.25, 0.3) is 0 Å². The monoisotopic (exact) mass is 225 g/mol. The zero-order chi connectivity index (χ0) is 12.3. The van der Waals surface area contributed by atoms with Crippen molar-refractivity contribution in [2.24, 2.45) is 5.92 Å². The van der Waals surface area contributed by atoms with Crippen LogP contribution in [0.5, 0.6) is 0 Å². The van der Waals surface area contributed by atoms with Crippen LogP contribution in [-0.2, 0) is 0 Å². The summed E-state index contributed by atoms with van der Waals surface area (Å²) in [7, 11) is 0. The number of hydrogen-bond donors (Lipinski definition) is 1. The van der Waals surface area contributed by atoms with Crippen LogP contribution in [0, 0.1) is 28.6 Å². The topological polar surface area (TPSA) is 59.6 Å². The lowest BCUT2D eigenvalue weighted by molar-refractivity contribution is 0.616. The molecule has 1 aliphatic rings. The van der Waals surface area contributed by atoms with E-state index in [9.17, 15) is 0 Å². The van der Waals surface area contributed by atoms with E-state index in [0.717, 1.165) is 18.0 Å². The van der Waals surface area contributed by atoms with Crippen molar-refractivity contribution in [3.05, 3.63) is 29.3 Å². The van der Waals surface area contributed by atoms with Gasteiger partial charge in [-0.3, -0.25) is 0 Å². The number of hydrogen-bond acceptors (Lipinski definition) is 3. The van der Waals surface area contributed by atoms with Crippen molar-refractivity contribution in [3.63, 3.8) is 0 Å². The molecule has 0 spiro atoms. The fourth-order valence-corrected chi connectivity index (χ4v) is 2.09. The highest BCUT2D eigenvalue weighted by atomic mass is 14.9. The van der Waals surface area contributed by atoms with E-state index < -0.39 is 0 Å². The fraction of sp³-hybridized carbons (Fsp3) is 0.429. The van der Waals surface area contributed by atoms with E-state index in [-0.39, 0.29) is 0 Å². The third-order valence-electron chi connectivity index (χ3n) is 3.24. The van der Waals surface area contributed by atoms with Crippen LogP contribution in [0.1, 0.15) is 37.3 Å². The van der Waals surface area contributed by atoms with Gasteiger partial charge in [0.15, 0.2) is 0 Å². The lowest BCUT2D eigenvalue weighted by Gasteiger charge is -2.17. The van der Waals surface area contributed by atoms with Crippen molar-refractivity contribution >= 4 is 5.69 Å². The maximum absolute atomic E-state index is 8.96. The molecule has 17 heavy (non-hydrogen) atoms. The Bertz CT molecular complexity index is 489. The Labute approximate surface area is 102 Å². The van der Waals surface area contributed by atoms with Crippen LogP contribution in [0.15, 0.2) is 18.2 Å². The molecule has 3 heteroatoms. The van der Waals surface area contributed by atoms with E-state index in [2.05, 4.69) is 18.3 Å². The Balaban J connectivity index is 2.16. The summed E-state index contributed by atoms with van der Waals surface area (Å²) >= 11 is 0. The molecule has 86 valence electrons. The van der Waals surface area contributed by atoms with Crippen molar-refractivity contribution in [2.45, 2.75) is 32.2 Å². The Morgan fingerprint density at radius 1 is 1.29 bits per heavy atom. The smallest absolute Gasteiger partial charge is 0.101 e. The van der Waals surface area contributed by atoms with Crippen LogP contribution in [0.3, 0.4) is 0 Å². The molecule has 1 aromatic rings. The summed E-state index contributed by atoms with van der Waals surface area (Å²) in [5.74, 6) is 0.779. The second-order valence-corrected chi connectivity index (χ2v) is 4.48.